The van der Waals surface area contributed by atoms with Gasteiger partial charge < -0.3 is 0 Å². The lowest BCUT2D eigenvalue weighted by Gasteiger charge is -2.51. The van der Waals surface area contributed by atoms with Gasteiger partial charge in [-0.15, -0.1) is 0 Å². The van der Waals surface area contributed by atoms with Crippen molar-refractivity contribution in [2.24, 2.45) is 17.3 Å². The van der Waals surface area contributed by atoms with Crippen molar-refractivity contribution in [2.45, 2.75) is 27.7 Å². The topological polar surface area (TPSA) is 0 Å². The fourth-order valence-corrected chi connectivity index (χ4v) is 1.71. The highest BCUT2D eigenvalue weighted by Gasteiger charge is 2.44. The molecule has 0 aliphatic heterocycles. The molecule has 0 spiro atoms. The molecular weight excluding hydrogens is 108 g/mol. The van der Waals surface area contributed by atoms with Crippen LogP contribution in [0.5, 0.6) is 0 Å². The Labute approximate surface area is 58.0 Å². The third-order valence-corrected chi connectivity index (χ3v) is 3.27. The van der Waals surface area contributed by atoms with Crippen molar-refractivity contribution in [3.05, 3.63) is 12.2 Å². The first-order valence-corrected chi connectivity index (χ1v) is 3.67. The van der Waals surface area contributed by atoms with E-state index in [0.29, 0.717) is 5.41 Å². The van der Waals surface area contributed by atoms with Gasteiger partial charge in [0.15, 0.2) is 0 Å². The van der Waals surface area contributed by atoms with E-state index in [1.54, 1.807) is 0 Å². The van der Waals surface area contributed by atoms with E-state index in [9.17, 15) is 0 Å². The first-order valence-electron chi connectivity index (χ1n) is 3.67. The zero-order valence-corrected chi connectivity index (χ0v) is 6.86. The fourth-order valence-electron chi connectivity index (χ4n) is 1.71. The Hall–Kier alpha value is -0.260. The highest BCUT2D eigenvalue weighted by atomic mass is 14.5. The molecule has 1 rings (SSSR count). The van der Waals surface area contributed by atoms with Crippen LogP contribution in [0.2, 0.25) is 0 Å². The molecule has 2 atom stereocenters. The van der Waals surface area contributed by atoms with E-state index in [1.165, 1.54) is 5.57 Å². The summed E-state index contributed by atoms with van der Waals surface area (Å²) in [6.45, 7) is 13.2. The van der Waals surface area contributed by atoms with Gasteiger partial charge in [-0.05, 0) is 17.3 Å². The summed E-state index contributed by atoms with van der Waals surface area (Å²) in [5.74, 6) is 1.57. The Bertz CT molecular complexity index is 142. The molecule has 1 fully saturated rings. The minimum atomic E-state index is 0.416. The van der Waals surface area contributed by atoms with Gasteiger partial charge >= 0.3 is 0 Å². The van der Waals surface area contributed by atoms with Crippen molar-refractivity contribution in [3.63, 3.8) is 0 Å². The smallest absolute Gasteiger partial charge is 0.0113 e. The summed E-state index contributed by atoms with van der Waals surface area (Å²) in [5.41, 5.74) is 1.84. The van der Waals surface area contributed by atoms with Gasteiger partial charge in [0.1, 0.15) is 0 Å². The summed E-state index contributed by atoms with van der Waals surface area (Å²) in [4.78, 5) is 0. The van der Waals surface area contributed by atoms with Crippen LogP contribution in [0.1, 0.15) is 27.7 Å². The Morgan fingerprint density at radius 3 is 1.89 bits per heavy atom. The second-order valence-corrected chi connectivity index (χ2v) is 3.82. The molecule has 0 nitrogen and oxygen atoms in total. The Morgan fingerprint density at radius 1 is 1.33 bits per heavy atom. The van der Waals surface area contributed by atoms with Gasteiger partial charge in [0.2, 0.25) is 0 Å². The quantitative estimate of drug-likeness (QED) is 0.435. The molecular formula is C9H16. The zero-order valence-electron chi connectivity index (χ0n) is 6.86. The molecule has 0 heteroatoms. The van der Waals surface area contributed by atoms with Crippen LogP contribution in [0.15, 0.2) is 12.2 Å². The lowest BCUT2D eigenvalue weighted by molar-refractivity contribution is 0.114. The summed E-state index contributed by atoms with van der Waals surface area (Å²) in [6.07, 6.45) is 0. The molecule has 0 N–H and O–H groups in total. The van der Waals surface area contributed by atoms with Gasteiger partial charge in [0.25, 0.3) is 0 Å². The molecule has 0 amide bonds. The van der Waals surface area contributed by atoms with Crippen LogP contribution in [0.3, 0.4) is 0 Å². The lowest BCUT2D eigenvalue weighted by atomic mass is 9.54. The average Bonchev–Trinajstić information content (AvgIpc) is 1.84. The monoisotopic (exact) mass is 124 g/mol. The number of hydrogen-bond donors (Lipinski definition) is 0. The molecule has 0 aromatic heterocycles. The fraction of sp³-hybridized carbons (Fsp3) is 0.778. The van der Waals surface area contributed by atoms with Gasteiger partial charge in [0, 0.05) is 0 Å². The average molecular weight is 124 g/mol. The molecule has 1 aliphatic carbocycles. The van der Waals surface area contributed by atoms with Gasteiger partial charge in [0.05, 0.1) is 0 Å². The summed E-state index contributed by atoms with van der Waals surface area (Å²) in [7, 11) is 0. The molecule has 2 unspecified atom stereocenters. The molecule has 52 valence electrons. The van der Waals surface area contributed by atoms with Crippen molar-refractivity contribution < 1.29 is 0 Å². The summed E-state index contributed by atoms with van der Waals surface area (Å²) >= 11 is 0. The van der Waals surface area contributed by atoms with Crippen molar-refractivity contribution in [1.82, 2.24) is 0 Å². The van der Waals surface area contributed by atoms with Crippen molar-refractivity contribution in [2.75, 3.05) is 0 Å². The van der Waals surface area contributed by atoms with Crippen molar-refractivity contribution in [1.29, 1.82) is 0 Å². The maximum absolute atomic E-state index is 4.04. The van der Waals surface area contributed by atoms with Gasteiger partial charge in [-0.1, -0.05) is 39.8 Å². The number of hydrogen-bond acceptors (Lipinski definition) is 0. The minimum Gasteiger partial charge on any atom is -0.0990 e. The van der Waals surface area contributed by atoms with E-state index in [0.717, 1.165) is 11.8 Å². The molecule has 0 aromatic rings. The summed E-state index contributed by atoms with van der Waals surface area (Å²) in [6, 6.07) is 0. The van der Waals surface area contributed by atoms with Gasteiger partial charge in [-0.3, -0.25) is 0 Å². The third-order valence-electron chi connectivity index (χ3n) is 3.27. The summed E-state index contributed by atoms with van der Waals surface area (Å²) in [5, 5.41) is 0. The number of rotatable bonds is 0. The standard InChI is InChI=1S/C9H16/c1-6-7(2)9(4,5)8(6)3/h6,8H,2H2,1,3-5H3. The molecule has 0 aromatic carbocycles. The first kappa shape index (κ1) is 6.85. The maximum Gasteiger partial charge on any atom is -0.0113 e. The minimum absolute atomic E-state index is 0.416. The molecule has 0 bridgehead atoms. The number of allylic oxidation sites excluding steroid dienone is 1. The van der Waals surface area contributed by atoms with E-state index in [2.05, 4.69) is 34.3 Å². The van der Waals surface area contributed by atoms with Crippen LogP contribution in [-0.4, -0.2) is 0 Å². The normalized spacial score (nSPS) is 40.2. The third kappa shape index (κ3) is 0.654. The highest BCUT2D eigenvalue weighted by molar-refractivity contribution is 5.23. The van der Waals surface area contributed by atoms with Crippen LogP contribution in [-0.2, 0) is 0 Å². The Morgan fingerprint density at radius 2 is 1.78 bits per heavy atom. The van der Waals surface area contributed by atoms with Gasteiger partial charge in [-0.25, -0.2) is 0 Å². The van der Waals surface area contributed by atoms with Gasteiger partial charge in [-0.2, -0.15) is 0 Å². The van der Waals surface area contributed by atoms with E-state index >= 15 is 0 Å². The predicted octanol–water partition coefficient (Wildman–Crippen LogP) is 2.85. The van der Waals surface area contributed by atoms with Crippen LogP contribution in [0, 0.1) is 17.3 Å². The Kier molecular flexibility index (Phi) is 1.23. The van der Waals surface area contributed by atoms with E-state index in [-0.39, 0.29) is 0 Å². The largest absolute Gasteiger partial charge is 0.0990 e. The van der Waals surface area contributed by atoms with E-state index in [4.69, 9.17) is 0 Å². The highest BCUT2D eigenvalue weighted by Crippen LogP contribution is 2.53. The van der Waals surface area contributed by atoms with Crippen LogP contribution in [0.4, 0.5) is 0 Å². The first-order chi connectivity index (χ1) is 3.98. The second kappa shape index (κ2) is 1.62. The second-order valence-electron chi connectivity index (χ2n) is 3.82. The molecule has 1 aliphatic rings. The lowest BCUT2D eigenvalue weighted by Crippen LogP contribution is -2.42. The SMILES string of the molecule is C=C1C(C)C(C)C1(C)C. The van der Waals surface area contributed by atoms with Crippen LogP contribution in [0.25, 0.3) is 0 Å². The van der Waals surface area contributed by atoms with Crippen LogP contribution >= 0.6 is 0 Å². The molecule has 0 heterocycles. The molecule has 0 radical (unpaired) electrons. The van der Waals surface area contributed by atoms with E-state index < -0.39 is 0 Å². The maximum atomic E-state index is 4.04. The molecule has 9 heavy (non-hydrogen) atoms. The Balaban J connectivity index is 2.73. The van der Waals surface area contributed by atoms with Crippen molar-refractivity contribution in [3.8, 4) is 0 Å². The predicted molar refractivity (Wildman–Crippen MR) is 41.2 cm³/mol. The van der Waals surface area contributed by atoms with Crippen molar-refractivity contribution >= 4 is 0 Å². The molecule has 0 saturated heterocycles. The molecule has 1 saturated carbocycles. The van der Waals surface area contributed by atoms with Crippen LogP contribution < -0.4 is 0 Å². The zero-order chi connectivity index (χ0) is 7.23. The van der Waals surface area contributed by atoms with E-state index in [1.807, 2.05) is 0 Å². The summed E-state index contributed by atoms with van der Waals surface area (Å²) < 4.78 is 0.